The van der Waals surface area contributed by atoms with E-state index in [0.717, 1.165) is 6.29 Å². The fraction of sp³-hybridized carbons (Fsp3) is 0.409. The van der Waals surface area contributed by atoms with Crippen molar-refractivity contribution in [3.05, 3.63) is 52.4 Å². The Kier molecular flexibility index (Phi) is 5.68. The number of allylic oxidation sites excluding steroid dienone is 1. The molecule has 0 aliphatic heterocycles. The van der Waals surface area contributed by atoms with Gasteiger partial charge in [-0.15, -0.1) is 11.3 Å². The van der Waals surface area contributed by atoms with E-state index in [2.05, 4.69) is 50.3 Å². The zero-order valence-electron chi connectivity index (χ0n) is 14.6. The monoisotopic (exact) mass is 338 g/mol. The molecule has 1 aromatic heterocycles. The van der Waals surface area contributed by atoms with Crippen LogP contribution in [0.1, 0.15) is 73.8 Å². The predicted octanol–water partition coefficient (Wildman–Crippen LogP) is 6.80. The molecule has 1 fully saturated rings. The van der Waals surface area contributed by atoms with Crippen LogP contribution < -0.4 is 0 Å². The molecule has 0 bridgehead atoms. The first-order valence-corrected chi connectivity index (χ1v) is 9.88. The largest absolute Gasteiger partial charge is 0.299 e. The highest BCUT2D eigenvalue weighted by Gasteiger charge is 2.26. The molecule has 1 aromatic carbocycles. The van der Waals surface area contributed by atoms with Crippen LogP contribution in [0.25, 0.3) is 16.5 Å². The summed E-state index contributed by atoms with van der Waals surface area (Å²) in [4.78, 5) is 13.8. The van der Waals surface area contributed by atoms with Crippen LogP contribution in [0.4, 0.5) is 0 Å². The minimum atomic E-state index is 0.473. The van der Waals surface area contributed by atoms with Crippen molar-refractivity contribution in [2.45, 2.75) is 57.8 Å². The summed E-state index contributed by atoms with van der Waals surface area (Å²) in [5, 5.41) is 0. The van der Waals surface area contributed by atoms with E-state index in [1.165, 1.54) is 58.5 Å². The van der Waals surface area contributed by atoms with Crippen molar-refractivity contribution < 1.29 is 4.79 Å². The number of carbonyl (C=O) groups excluding carboxylic acids is 1. The standard InChI is InChI=1S/C22H26OS/c1-16(2)21-19(14-9-15-23)20(17-10-5-3-6-11-17)22(24-21)18-12-7-4-8-13-18/h4,7-9,12-17H,3,5-6,10-11H2,1-2H3/b14-9+. The Bertz CT molecular complexity index is 703. The van der Waals surface area contributed by atoms with Gasteiger partial charge in [0.25, 0.3) is 0 Å². The highest BCUT2D eigenvalue weighted by atomic mass is 32.1. The van der Waals surface area contributed by atoms with Crippen molar-refractivity contribution in [2.24, 2.45) is 0 Å². The van der Waals surface area contributed by atoms with E-state index < -0.39 is 0 Å². The summed E-state index contributed by atoms with van der Waals surface area (Å²) in [5.74, 6) is 1.10. The number of benzene rings is 1. The van der Waals surface area contributed by atoms with Crippen LogP contribution in [-0.2, 0) is 4.79 Å². The van der Waals surface area contributed by atoms with Gasteiger partial charge >= 0.3 is 0 Å². The average molecular weight is 339 g/mol. The maximum atomic E-state index is 10.9. The fourth-order valence-electron chi connectivity index (χ4n) is 3.81. The Hall–Kier alpha value is -1.67. The molecule has 1 nitrogen and oxygen atoms in total. The van der Waals surface area contributed by atoms with Gasteiger partial charge in [-0.05, 0) is 47.4 Å². The molecule has 0 saturated heterocycles. The number of aldehydes is 1. The Labute approximate surface area is 149 Å². The molecule has 0 amide bonds. The molecule has 3 rings (SSSR count). The molecule has 1 heterocycles. The van der Waals surface area contributed by atoms with Gasteiger partial charge in [0, 0.05) is 9.75 Å². The summed E-state index contributed by atoms with van der Waals surface area (Å²) in [7, 11) is 0. The maximum absolute atomic E-state index is 10.9. The van der Waals surface area contributed by atoms with E-state index in [0.29, 0.717) is 11.8 Å². The molecule has 2 heteroatoms. The van der Waals surface area contributed by atoms with Crippen molar-refractivity contribution in [3.8, 4) is 10.4 Å². The normalized spacial score (nSPS) is 16.1. The molecule has 1 saturated carbocycles. The van der Waals surface area contributed by atoms with Crippen LogP contribution >= 0.6 is 11.3 Å². The molecule has 2 aromatic rings. The second kappa shape index (κ2) is 7.94. The molecular weight excluding hydrogens is 312 g/mol. The van der Waals surface area contributed by atoms with E-state index in [1.54, 1.807) is 6.08 Å². The lowest BCUT2D eigenvalue weighted by Gasteiger charge is -2.24. The minimum Gasteiger partial charge on any atom is -0.299 e. The molecule has 0 radical (unpaired) electrons. The Morgan fingerprint density at radius 1 is 1.08 bits per heavy atom. The van der Waals surface area contributed by atoms with Crippen molar-refractivity contribution >= 4 is 23.7 Å². The molecule has 1 aliphatic carbocycles. The lowest BCUT2D eigenvalue weighted by molar-refractivity contribution is -0.104. The maximum Gasteiger partial charge on any atom is 0.142 e. The molecular formula is C22H26OS. The smallest absolute Gasteiger partial charge is 0.142 e. The molecule has 0 spiro atoms. The van der Waals surface area contributed by atoms with Crippen LogP contribution in [0.15, 0.2) is 36.4 Å². The van der Waals surface area contributed by atoms with Gasteiger partial charge in [-0.25, -0.2) is 0 Å². The van der Waals surface area contributed by atoms with E-state index in [9.17, 15) is 4.79 Å². The van der Waals surface area contributed by atoms with Gasteiger partial charge in [0.05, 0.1) is 0 Å². The topological polar surface area (TPSA) is 17.1 Å². The first-order valence-electron chi connectivity index (χ1n) is 9.06. The number of hydrogen-bond acceptors (Lipinski definition) is 2. The molecule has 1 aliphatic rings. The third-order valence-corrected chi connectivity index (χ3v) is 6.50. The van der Waals surface area contributed by atoms with Crippen LogP contribution in [-0.4, -0.2) is 6.29 Å². The Balaban J connectivity index is 2.19. The van der Waals surface area contributed by atoms with Gasteiger partial charge < -0.3 is 0 Å². The lowest BCUT2D eigenvalue weighted by atomic mass is 9.81. The Morgan fingerprint density at radius 2 is 1.79 bits per heavy atom. The van der Waals surface area contributed by atoms with Crippen molar-refractivity contribution in [2.75, 3.05) is 0 Å². The fourth-order valence-corrected chi connectivity index (χ4v) is 5.20. The second-order valence-corrected chi connectivity index (χ2v) is 8.03. The summed E-state index contributed by atoms with van der Waals surface area (Å²) in [5.41, 5.74) is 4.12. The van der Waals surface area contributed by atoms with Crippen LogP contribution in [0.3, 0.4) is 0 Å². The lowest BCUT2D eigenvalue weighted by Crippen LogP contribution is -2.06. The summed E-state index contributed by atoms with van der Waals surface area (Å²) < 4.78 is 0. The third kappa shape index (κ3) is 3.54. The second-order valence-electron chi connectivity index (χ2n) is 6.97. The number of rotatable bonds is 5. The average Bonchev–Trinajstić information content (AvgIpc) is 3.01. The van der Waals surface area contributed by atoms with E-state index >= 15 is 0 Å². The SMILES string of the molecule is CC(C)c1sc(-c2ccccc2)c(C2CCCCC2)c1/C=C/C=O. The predicted molar refractivity (Wildman–Crippen MR) is 105 cm³/mol. The first kappa shape index (κ1) is 17.2. The van der Waals surface area contributed by atoms with Crippen molar-refractivity contribution in [1.29, 1.82) is 0 Å². The van der Waals surface area contributed by atoms with Gasteiger partial charge in [0.15, 0.2) is 0 Å². The zero-order chi connectivity index (χ0) is 16.9. The number of hydrogen-bond donors (Lipinski definition) is 0. The zero-order valence-corrected chi connectivity index (χ0v) is 15.4. The van der Waals surface area contributed by atoms with Crippen LogP contribution in [0.5, 0.6) is 0 Å². The summed E-state index contributed by atoms with van der Waals surface area (Å²) in [6, 6.07) is 10.8. The molecule has 0 unspecified atom stereocenters. The summed E-state index contributed by atoms with van der Waals surface area (Å²) >= 11 is 1.92. The molecule has 0 atom stereocenters. The highest BCUT2D eigenvalue weighted by Crippen LogP contribution is 2.47. The quantitative estimate of drug-likeness (QED) is 0.433. The van der Waals surface area contributed by atoms with E-state index in [4.69, 9.17) is 0 Å². The van der Waals surface area contributed by atoms with Crippen molar-refractivity contribution in [3.63, 3.8) is 0 Å². The van der Waals surface area contributed by atoms with Crippen LogP contribution in [0.2, 0.25) is 0 Å². The van der Waals surface area contributed by atoms with Crippen molar-refractivity contribution in [1.82, 2.24) is 0 Å². The third-order valence-electron chi connectivity index (χ3n) is 4.93. The van der Waals surface area contributed by atoms with E-state index in [-0.39, 0.29) is 0 Å². The van der Waals surface area contributed by atoms with Gasteiger partial charge in [0.2, 0.25) is 0 Å². The van der Waals surface area contributed by atoms with Gasteiger partial charge in [-0.3, -0.25) is 4.79 Å². The first-order chi connectivity index (χ1) is 11.7. The number of thiophene rings is 1. The summed E-state index contributed by atoms with van der Waals surface area (Å²) in [6.45, 7) is 4.51. The molecule has 126 valence electrons. The minimum absolute atomic E-state index is 0.473. The Morgan fingerprint density at radius 3 is 2.42 bits per heavy atom. The van der Waals surface area contributed by atoms with Crippen LogP contribution in [0, 0.1) is 0 Å². The summed E-state index contributed by atoms with van der Waals surface area (Å²) in [6.07, 6.45) is 11.2. The highest BCUT2D eigenvalue weighted by molar-refractivity contribution is 7.16. The van der Waals surface area contributed by atoms with Gasteiger partial charge in [0.1, 0.15) is 6.29 Å². The van der Waals surface area contributed by atoms with E-state index in [1.807, 2.05) is 11.3 Å². The number of carbonyl (C=O) groups is 1. The molecule has 0 N–H and O–H groups in total. The molecule has 24 heavy (non-hydrogen) atoms. The van der Waals surface area contributed by atoms with Gasteiger partial charge in [-0.2, -0.15) is 0 Å². The van der Waals surface area contributed by atoms with Gasteiger partial charge in [-0.1, -0.05) is 69.5 Å².